The summed E-state index contributed by atoms with van der Waals surface area (Å²) in [6.07, 6.45) is 3.21. The Morgan fingerprint density at radius 3 is 2.41 bits per heavy atom. The van der Waals surface area contributed by atoms with Crippen LogP contribution in [0, 0.1) is 0 Å². The van der Waals surface area contributed by atoms with Crippen molar-refractivity contribution in [2.24, 2.45) is 7.05 Å². The molecule has 1 heterocycles. The number of benzene rings is 2. The van der Waals surface area contributed by atoms with Crippen molar-refractivity contribution in [3.05, 3.63) is 69.1 Å². The molecule has 1 aliphatic carbocycles. The molecule has 1 aromatic heterocycles. The van der Waals surface area contributed by atoms with Gasteiger partial charge in [0.2, 0.25) is 0 Å². The summed E-state index contributed by atoms with van der Waals surface area (Å²) in [5.41, 5.74) is 2.20. The molecule has 0 amide bonds. The van der Waals surface area contributed by atoms with Crippen molar-refractivity contribution in [3.8, 4) is 11.1 Å². The smallest absolute Gasteiger partial charge is 0.339 e. The van der Waals surface area contributed by atoms with E-state index in [1.807, 2.05) is 31.2 Å². The Balaban J connectivity index is 2.04. The summed E-state index contributed by atoms with van der Waals surface area (Å²) in [4.78, 5) is 25.8. The lowest BCUT2D eigenvalue weighted by molar-refractivity contribution is -0.164. The van der Waals surface area contributed by atoms with E-state index in [1.165, 1.54) is 10.1 Å². The van der Waals surface area contributed by atoms with Crippen molar-refractivity contribution >= 4 is 28.3 Å². The molecule has 2 aromatic carbocycles. The van der Waals surface area contributed by atoms with E-state index >= 15 is 0 Å². The number of pyridine rings is 1. The third kappa shape index (κ3) is 4.07. The first-order valence-corrected chi connectivity index (χ1v) is 11.4. The number of rotatable bonds is 6. The van der Waals surface area contributed by atoms with Crippen molar-refractivity contribution < 1.29 is 14.6 Å². The molecule has 1 saturated carbocycles. The molecule has 1 atom stereocenters. The molecule has 0 spiro atoms. The molecule has 1 N–H and O–H groups in total. The molecule has 0 radical (unpaired) electrons. The molecule has 4 rings (SSSR count). The van der Waals surface area contributed by atoms with E-state index in [-0.39, 0.29) is 5.56 Å². The monoisotopic (exact) mass is 453 g/mol. The largest absolute Gasteiger partial charge is 0.479 e. The standard InChI is InChI=1S/C26H28ClNO4/c1-4-16-7-9-17(10-8-16)21-20-15-18(27)11-12-19(20)24(29)28(3)22(21)23(25(30)31)32-26(2)13-5-6-14-26/h7-12,15,23H,4-6,13-14H2,1-3H3,(H,30,31). The first-order valence-electron chi connectivity index (χ1n) is 11.1. The van der Waals surface area contributed by atoms with Crippen LogP contribution in [0.5, 0.6) is 0 Å². The summed E-state index contributed by atoms with van der Waals surface area (Å²) in [5, 5.41) is 11.8. The van der Waals surface area contributed by atoms with Crippen LogP contribution < -0.4 is 5.56 Å². The lowest BCUT2D eigenvalue weighted by Crippen LogP contribution is -2.34. The van der Waals surface area contributed by atoms with Gasteiger partial charge < -0.3 is 14.4 Å². The van der Waals surface area contributed by atoms with Crippen molar-refractivity contribution in [2.75, 3.05) is 0 Å². The third-order valence-electron chi connectivity index (χ3n) is 6.59. The van der Waals surface area contributed by atoms with Gasteiger partial charge in [-0.1, -0.05) is 55.6 Å². The number of aliphatic carboxylic acids is 1. The topological polar surface area (TPSA) is 68.5 Å². The number of halogens is 1. The predicted octanol–water partition coefficient (Wildman–Crippen LogP) is 5.90. The fourth-order valence-electron chi connectivity index (χ4n) is 4.77. The average molecular weight is 454 g/mol. The van der Waals surface area contributed by atoms with Crippen LogP contribution in [-0.2, 0) is 23.0 Å². The van der Waals surface area contributed by atoms with Crippen LogP contribution in [0.15, 0.2) is 47.3 Å². The lowest BCUT2D eigenvalue weighted by Gasteiger charge is -2.31. The van der Waals surface area contributed by atoms with E-state index in [9.17, 15) is 14.7 Å². The number of carboxylic acids is 1. The molecule has 1 fully saturated rings. The Labute approximate surface area is 192 Å². The maximum atomic E-state index is 13.3. The molecule has 168 valence electrons. The first kappa shape index (κ1) is 22.6. The lowest BCUT2D eigenvalue weighted by atomic mass is 9.93. The van der Waals surface area contributed by atoms with Gasteiger partial charge in [-0.2, -0.15) is 0 Å². The molecular weight excluding hydrogens is 426 g/mol. The summed E-state index contributed by atoms with van der Waals surface area (Å²) < 4.78 is 7.70. The van der Waals surface area contributed by atoms with E-state index in [2.05, 4.69) is 6.92 Å². The molecular formula is C26H28ClNO4. The van der Waals surface area contributed by atoms with E-state index in [4.69, 9.17) is 16.3 Å². The van der Waals surface area contributed by atoms with Gasteiger partial charge in [-0.25, -0.2) is 4.79 Å². The quantitative estimate of drug-likeness (QED) is 0.504. The zero-order valence-electron chi connectivity index (χ0n) is 18.7. The Hall–Kier alpha value is -2.63. The van der Waals surface area contributed by atoms with Gasteiger partial charge in [0.1, 0.15) is 0 Å². The van der Waals surface area contributed by atoms with Crippen molar-refractivity contribution in [2.45, 2.75) is 57.7 Å². The van der Waals surface area contributed by atoms with Crippen molar-refractivity contribution in [1.29, 1.82) is 0 Å². The maximum absolute atomic E-state index is 13.3. The molecule has 0 aliphatic heterocycles. The summed E-state index contributed by atoms with van der Waals surface area (Å²) in [5.74, 6) is -1.11. The molecule has 1 unspecified atom stereocenters. The van der Waals surface area contributed by atoms with Crippen LogP contribution in [-0.4, -0.2) is 21.2 Å². The first-order chi connectivity index (χ1) is 15.2. The Kier molecular flexibility index (Phi) is 6.15. The fourth-order valence-corrected chi connectivity index (χ4v) is 4.94. The average Bonchev–Trinajstić information content (AvgIpc) is 3.21. The van der Waals surface area contributed by atoms with Gasteiger partial charge in [-0.15, -0.1) is 0 Å². The van der Waals surface area contributed by atoms with E-state index in [1.54, 1.807) is 25.2 Å². The number of hydrogen-bond donors (Lipinski definition) is 1. The highest BCUT2D eigenvalue weighted by Gasteiger charge is 2.38. The maximum Gasteiger partial charge on any atom is 0.339 e. The number of aryl methyl sites for hydroxylation is 1. The molecule has 3 aromatic rings. The summed E-state index contributed by atoms with van der Waals surface area (Å²) in [6.45, 7) is 4.04. The fraction of sp³-hybridized carbons (Fsp3) is 0.385. The highest BCUT2D eigenvalue weighted by atomic mass is 35.5. The van der Waals surface area contributed by atoms with E-state index < -0.39 is 17.7 Å². The van der Waals surface area contributed by atoms with Crippen molar-refractivity contribution in [3.63, 3.8) is 0 Å². The Bertz CT molecular complexity index is 1220. The van der Waals surface area contributed by atoms with Crippen LogP contribution in [0.4, 0.5) is 0 Å². The SMILES string of the molecule is CCc1ccc(-c2c(C(OC3(C)CCCC3)C(=O)O)n(C)c(=O)c3ccc(Cl)cc23)cc1. The number of aromatic nitrogens is 1. The Morgan fingerprint density at radius 1 is 1.16 bits per heavy atom. The second kappa shape index (κ2) is 8.72. The second-order valence-corrected chi connectivity index (χ2v) is 9.29. The zero-order valence-corrected chi connectivity index (χ0v) is 19.4. The Morgan fingerprint density at radius 2 is 1.81 bits per heavy atom. The van der Waals surface area contributed by atoms with Crippen molar-refractivity contribution in [1.82, 2.24) is 4.57 Å². The number of carboxylic acid groups (broad SMARTS) is 1. The summed E-state index contributed by atoms with van der Waals surface area (Å²) in [6, 6.07) is 13.1. The van der Waals surface area contributed by atoms with Crippen LogP contribution in [0.2, 0.25) is 5.02 Å². The molecule has 6 heteroatoms. The van der Waals surface area contributed by atoms with Crippen LogP contribution in [0.1, 0.15) is 56.9 Å². The van der Waals surface area contributed by atoms with Gasteiger partial charge in [0.25, 0.3) is 5.56 Å². The number of hydrogen-bond acceptors (Lipinski definition) is 3. The zero-order chi connectivity index (χ0) is 23.0. The van der Waals surface area contributed by atoms with E-state index in [0.29, 0.717) is 27.1 Å². The highest BCUT2D eigenvalue weighted by Crippen LogP contribution is 2.41. The number of fused-ring (bicyclic) bond motifs is 1. The summed E-state index contributed by atoms with van der Waals surface area (Å²) >= 11 is 6.32. The van der Waals surface area contributed by atoms with Crippen LogP contribution >= 0.6 is 11.6 Å². The highest BCUT2D eigenvalue weighted by molar-refractivity contribution is 6.31. The number of nitrogens with zero attached hydrogens (tertiary/aromatic N) is 1. The van der Waals surface area contributed by atoms with Gasteiger partial charge in [0.15, 0.2) is 6.10 Å². The van der Waals surface area contributed by atoms with Gasteiger partial charge in [0, 0.05) is 23.0 Å². The van der Waals surface area contributed by atoms with Gasteiger partial charge in [-0.3, -0.25) is 4.79 Å². The normalized spacial score (nSPS) is 16.4. The van der Waals surface area contributed by atoms with E-state index in [0.717, 1.165) is 37.7 Å². The molecule has 0 bridgehead atoms. The third-order valence-corrected chi connectivity index (χ3v) is 6.83. The van der Waals surface area contributed by atoms with Crippen LogP contribution in [0.3, 0.4) is 0 Å². The predicted molar refractivity (Wildman–Crippen MR) is 127 cm³/mol. The minimum Gasteiger partial charge on any atom is -0.479 e. The van der Waals surface area contributed by atoms with Gasteiger partial charge in [0.05, 0.1) is 11.3 Å². The number of ether oxygens (including phenoxy) is 1. The molecule has 32 heavy (non-hydrogen) atoms. The molecule has 5 nitrogen and oxygen atoms in total. The molecule has 1 aliphatic rings. The van der Waals surface area contributed by atoms with Gasteiger partial charge >= 0.3 is 5.97 Å². The molecule has 0 saturated heterocycles. The second-order valence-electron chi connectivity index (χ2n) is 8.86. The van der Waals surface area contributed by atoms with Gasteiger partial charge in [-0.05, 0) is 60.9 Å². The minimum atomic E-state index is -1.28. The summed E-state index contributed by atoms with van der Waals surface area (Å²) in [7, 11) is 1.62. The van der Waals surface area contributed by atoms with Crippen LogP contribution in [0.25, 0.3) is 21.9 Å². The number of carbonyl (C=O) groups is 1. The minimum absolute atomic E-state index is 0.271.